The third-order valence-electron chi connectivity index (χ3n) is 11.2. The maximum absolute atomic E-state index is 15.6. The Labute approximate surface area is 376 Å². The molecule has 0 aliphatic heterocycles. The Balaban J connectivity index is 0.000000263. The number of pyridine rings is 2. The molecule has 1 radical (unpaired) electrons. The number of nitrogens with zero attached hydrogens (tertiary/aromatic N) is 4. The van der Waals surface area contributed by atoms with Gasteiger partial charge in [-0.15, -0.1) is 12.1 Å². The number of furan rings is 1. The average Bonchev–Trinajstić information content (AvgIpc) is 3.87. The summed E-state index contributed by atoms with van der Waals surface area (Å²) in [4.78, 5) is 14.4. The van der Waals surface area contributed by atoms with E-state index >= 15 is 8.78 Å². The smallest absolute Gasteiger partial charge is 0 e. The molecule has 0 bridgehead atoms. The molecule has 9 heteroatoms. The van der Waals surface area contributed by atoms with Crippen LogP contribution in [0.1, 0.15) is 25.1 Å². The molecule has 0 N–H and O–H groups in total. The molecule has 0 fully saturated rings. The number of aromatic nitrogens is 4. The van der Waals surface area contributed by atoms with Crippen molar-refractivity contribution in [1.82, 2.24) is 19.5 Å². The molecule has 0 saturated heterocycles. The number of hydrogen-bond donors (Lipinski definition) is 0. The minimum Gasteiger partial charge on any atom is 0 e. The SMILES string of the molecule is CC(C)(c1ccccc1)c1ccc2c(n1)oc1c(-c3nc4ccccc4n3-c3ccc(F)c(-c4ccccc4)c3)[c-]cc(F)c12.[CH3][Ge]([CH3])([CH3])[c]1ccc(-c2[c-]cccc2)nc1.[Ir]. The van der Waals surface area contributed by atoms with E-state index < -0.39 is 24.5 Å². The summed E-state index contributed by atoms with van der Waals surface area (Å²) in [5.74, 6) is 6.85. The number of rotatable bonds is 7. The van der Waals surface area contributed by atoms with Crippen LogP contribution in [0.2, 0.25) is 17.3 Å². The molecule has 4 heterocycles. The van der Waals surface area contributed by atoms with Gasteiger partial charge in [0.2, 0.25) is 5.71 Å². The number of imidazole rings is 1. The summed E-state index contributed by atoms with van der Waals surface area (Å²) in [6.45, 7) is 4.21. The zero-order valence-corrected chi connectivity index (χ0v) is 39.4. The molecular formula is C53H42F2GeIrN4O-2. The maximum Gasteiger partial charge on any atom is 0 e. The molecular weight excluding hydrogens is 1010 g/mol. The first-order valence-electron chi connectivity index (χ1n) is 20.2. The molecule has 6 aromatic carbocycles. The zero-order valence-electron chi connectivity index (χ0n) is 34.9. The predicted octanol–water partition coefficient (Wildman–Crippen LogP) is 13.1. The van der Waals surface area contributed by atoms with Gasteiger partial charge in [-0.05, 0) is 59.0 Å². The first-order chi connectivity index (χ1) is 29.5. The summed E-state index contributed by atoms with van der Waals surface area (Å²) in [7, 11) is 0. The van der Waals surface area contributed by atoms with Gasteiger partial charge in [0.1, 0.15) is 5.82 Å². The van der Waals surface area contributed by atoms with E-state index in [4.69, 9.17) is 14.4 Å². The van der Waals surface area contributed by atoms with Crippen molar-refractivity contribution in [3.63, 3.8) is 0 Å². The number of fused-ring (bicyclic) bond motifs is 4. The molecule has 0 saturated carbocycles. The minimum atomic E-state index is -1.72. The molecule has 62 heavy (non-hydrogen) atoms. The number of halogens is 2. The van der Waals surface area contributed by atoms with Crippen LogP contribution in [0, 0.1) is 23.8 Å². The molecule has 10 aromatic rings. The van der Waals surface area contributed by atoms with E-state index in [-0.39, 0.29) is 25.9 Å². The van der Waals surface area contributed by atoms with Gasteiger partial charge in [0.25, 0.3) is 0 Å². The van der Waals surface area contributed by atoms with Crippen molar-refractivity contribution < 1.29 is 33.3 Å². The normalized spacial score (nSPS) is 11.7. The van der Waals surface area contributed by atoms with E-state index in [1.165, 1.54) is 16.5 Å². The fraction of sp³-hybridized carbons (Fsp3) is 0.113. The van der Waals surface area contributed by atoms with Gasteiger partial charge in [-0.25, -0.2) is 9.37 Å². The molecule has 0 spiro atoms. The summed E-state index contributed by atoms with van der Waals surface area (Å²) < 4.78 is 40.5. The van der Waals surface area contributed by atoms with Gasteiger partial charge >= 0.3 is 99.8 Å². The van der Waals surface area contributed by atoms with Crippen molar-refractivity contribution in [2.45, 2.75) is 36.5 Å². The Morgan fingerprint density at radius 2 is 1.44 bits per heavy atom. The van der Waals surface area contributed by atoms with Crippen LogP contribution in [0.5, 0.6) is 0 Å². The van der Waals surface area contributed by atoms with E-state index in [0.717, 1.165) is 39.1 Å². The summed E-state index contributed by atoms with van der Waals surface area (Å²) >= 11 is -1.72. The van der Waals surface area contributed by atoms with Crippen molar-refractivity contribution in [1.29, 1.82) is 0 Å². The van der Waals surface area contributed by atoms with E-state index in [2.05, 4.69) is 72.5 Å². The van der Waals surface area contributed by atoms with Crippen molar-refractivity contribution >= 4 is 50.8 Å². The second kappa shape index (κ2) is 17.4. The summed E-state index contributed by atoms with van der Waals surface area (Å²) in [6, 6.07) is 55.9. The molecule has 4 aromatic heterocycles. The third kappa shape index (κ3) is 8.18. The van der Waals surface area contributed by atoms with Gasteiger partial charge in [0, 0.05) is 48.0 Å². The second-order valence-corrected chi connectivity index (χ2v) is 27.3. The van der Waals surface area contributed by atoms with E-state index in [1.807, 2.05) is 120 Å². The van der Waals surface area contributed by atoms with Crippen LogP contribution in [0.3, 0.4) is 0 Å². The molecule has 0 atom stereocenters. The van der Waals surface area contributed by atoms with E-state index in [0.29, 0.717) is 44.7 Å². The van der Waals surface area contributed by atoms with Gasteiger partial charge in [-0.3, -0.25) is 9.37 Å². The van der Waals surface area contributed by atoms with Crippen LogP contribution in [0.4, 0.5) is 8.78 Å². The van der Waals surface area contributed by atoms with Crippen LogP contribution < -0.4 is 4.40 Å². The summed E-state index contributed by atoms with van der Waals surface area (Å²) in [5, 5.41) is 0.888. The third-order valence-corrected chi connectivity index (χ3v) is 15.4. The zero-order chi connectivity index (χ0) is 42.3. The fourth-order valence-electron chi connectivity index (χ4n) is 7.68. The topological polar surface area (TPSA) is 56.7 Å². The van der Waals surface area contributed by atoms with E-state index in [1.54, 1.807) is 12.1 Å². The van der Waals surface area contributed by atoms with Crippen LogP contribution in [0.25, 0.3) is 72.6 Å². The van der Waals surface area contributed by atoms with Crippen molar-refractivity contribution in [2.24, 2.45) is 0 Å². The van der Waals surface area contributed by atoms with Crippen molar-refractivity contribution in [2.75, 3.05) is 0 Å². The Morgan fingerprint density at radius 1 is 0.710 bits per heavy atom. The van der Waals surface area contributed by atoms with Crippen LogP contribution in [-0.4, -0.2) is 32.8 Å². The Morgan fingerprint density at radius 3 is 2.15 bits per heavy atom. The first-order valence-corrected chi connectivity index (χ1v) is 27.6. The number of para-hydroxylation sites is 2. The molecule has 0 amide bonds. The van der Waals surface area contributed by atoms with Crippen LogP contribution >= 0.6 is 0 Å². The summed E-state index contributed by atoms with van der Waals surface area (Å²) in [5.41, 5.74) is 8.16. The van der Waals surface area contributed by atoms with Crippen molar-refractivity contribution in [3.05, 3.63) is 199 Å². The van der Waals surface area contributed by atoms with Gasteiger partial charge < -0.3 is 8.98 Å². The van der Waals surface area contributed by atoms with Crippen LogP contribution in [-0.2, 0) is 25.5 Å². The van der Waals surface area contributed by atoms with Gasteiger partial charge in [0.05, 0.1) is 28.1 Å². The Bertz CT molecular complexity index is 3160. The molecule has 10 rings (SSSR count). The average molecular weight is 1050 g/mol. The largest absolute Gasteiger partial charge is 0 e. The quantitative estimate of drug-likeness (QED) is 0.118. The minimum absolute atomic E-state index is 0. The van der Waals surface area contributed by atoms with E-state index in [9.17, 15) is 0 Å². The van der Waals surface area contributed by atoms with Crippen molar-refractivity contribution in [3.8, 4) is 39.5 Å². The molecule has 0 aliphatic rings. The molecule has 5 nitrogen and oxygen atoms in total. The Kier molecular flexibility index (Phi) is 11.9. The van der Waals surface area contributed by atoms with Gasteiger partial charge in [-0.1, -0.05) is 92.2 Å². The Hall–Kier alpha value is -6.06. The molecule has 0 unspecified atom stereocenters. The second-order valence-electron chi connectivity index (χ2n) is 16.6. The molecule has 309 valence electrons. The predicted molar refractivity (Wildman–Crippen MR) is 246 cm³/mol. The standard InChI is InChI=1S/C39H26F2N3O.C14H16GeN.Ir/c1-39(2,25-13-7-4-8-14-25)34-22-19-27-35-31(41)21-18-28(36(35)45-38(27)43-34)37-42-32-15-9-10-16-33(32)44(37)26-17-20-30(40)29(23-26)24-11-5-3-6-12-24;1-15(2,3)13-9-10-14(16-11-13)12-7-5-4-6-8-12;/h3-17,19-23H,1-2H3;4-7,9-11H,1-3H3;/q2*-1;. The van der Waals surface area contributed by atoms with Gasteiger partial charge in [0.15, 0.2) is 0 Å². The first kappa shape index (κ1) is 42.6. The maximum atomic E-state index is 15.6. The fourth-order valence-corrected chi connectivity index (χ4v) is 9.85. The molecule has 0 aliphatic carbocycles. The van der Waals surface area contributed by atoms with Crippen LogP contribution in [0.15, 0.2) is 168 Å². The summed E-state index contributed by atoms with van der Waals surface area (Å²) in [6.07, 6.45) is 2.04. The van der Waals surface area contributed by atoms with Gasteiger partial charge in [-0.2, -0.15) is 0 Å². The number of hydrogen-bond acceptors (Lipinski definition) is 4. The number of benzene rings is 6. The monoisotopic (exact) mass is 1060 g/mol.